The van der Waals surface area contributed by atoms with Crippen molar-refractivity contribution in [3.05, 3.63) is 70.5 Å². The van der Waals surface area contributed by atoms with Gasteiger partial charge < -0.3 is 5.11 Å². The molecule has 0 spiro atoms. The van der Waals surface area contributed by atoms with Gasteiger partial charge in [0.1, 0.15) is 11.4 Å². The molecule has 0 aliphatic rings. The highest BCUT2D eigenvalue weighted by atomic mass is 35.5. The Hall–Kier alpha value is -1.91. The summed E-state index contributed by atoms with van der Waals surface area (Å²) < 4.78 is 13.2. The third-order valence-corrected chi connectivity index (χ3v) is 3.70. The third kappa shape index (κ3) is 3.40. The number of hydrogen-bond donors (Lipinski definition) is 2. The van der Waals surface area contributed by atoms with Crippen molar-refractivity contribution in [2.75, 3.05) is 0 Å². The van der Waals surface area contributed by atoms with Crippen molar-refractivity contribution in [3.8, 4) is 0 Å². The van der Waals surface area contributed by atoms with E-state index in [9.17, 15) is 14.3 Å². The number of carboxylic acid groups (broad SMARTS) is 1. The van der Waals surface area contributed by atoms with Crippen molar-refractivity contribution in [2.24, 2.45) is 0 Å². The molecule has 0 heterocycles. The lowest BCUT2D eigenvalue weighted by Crippen LogP contribution is -2.46. The van der Waals surface area contributed by atoms with Gasteiger partial charge in [0, 0.05) is 6.54 Å². The number of nitrogens with one attached hydrogen (secondary N) is 1. The summed E-state index contributed by atoms with van der Waals surface area (Å²) in [6.45, 7) is 1.90. The van der Waals surface area contributed by atoms with Gasteiger partial charge in [-0.25, -0.2) is 9.18 Å². The first-order valence-corrected chi connectivity index (χ1v) is 6.79. The van der Waals surface area contributed by atoms with E-state index in [1.807, 2.05) is 30.3 Å². The minimum absolute atomic E-state index is 0.0958. The second-order valence-electron chi connectivity index (χ2n) is 4.90. The van der Waals surface area contributed by atoms with Crippen LogP contribution in [0, 0.1) is 5.82 Å². The van der Waals surface area contributed by atoms with Gasteiger partial charge in [-0.15, -0.1) is 0 Å². The summed E-state index contributed by atoms with van der Waals surface area (Å²) in [5, 5.41) is 12.4. The van der Waals surface area contributed by atoms with Gasteiger partial charge in [-0.05, 0) is 30.2 Å². The average molecular weight is 308 g/mol. The van der Waals surface area contributed by atoms with Crippen LogP contribution in [0.1, 0.15) is 18.1 Å². The molecule has 2 aromatic rings. The molecule has 0 fully saturated rings. The third-order valence-electron chi connectivity index (χ3n) is 3.41. The summed E-state index contributed by atoms with van der Waals surface area (Å²) in [4.78, 5) is 11.6. The minimum atomic E-state index is -1.35. The molecule has 0 bridgehead atoms. The summed E-state index contributed by atoms with van der Waals surface area (Å²) in [5.41, 5.74) is 0.00297. The fraction of sp³-hybridized carbons (Fsp3) is 0.188. The van der Waals surface area contributed by atoms with Crippen molar-refractivity contribution in [3.63, 3.8) is 0 Å². The molecule has 0 aliphatic carbocycles. The van der Waals surface area contributed by atoms with Crippen LogP contribution in [-0.2, 0) is 16.9 Å². The fourth-order valence-corrected chi connectivity index (χ4v) is 2.16. The molecule has 110 valence electrons. The van der Waals surface area contributed by atoms with E-state index in [4.69, 9.17) is 11.6 Å². The van der Waals surface area contributed by atoms with Crippen LogP contribution < -0.4 is 5.32 Å². The zero-order chi connectivity index (χ0) is 15.5. The van der Waals surface area contributed by atoms with Gasteiger partial charge in [-0.3, -0.25) is 5.32 Å². The molecule has 1 atom stereocenters. The van der Waals surface area contributed by atoms with E-state index in [0.717, 1.165) is 5.56 Å². The Kier molecular flexibility index (Phi) is 4.60. The van der Waals surface area contributed by atoms with E-state index in [2.05, 4.69) is 5.32 Å². The minimum Gasteiger partial charge on any atom is -0.480 e. The first kappa shape index (κ1) is 15.5. The Morgan fingerprint density at radius 3 is 2.52 bits per heavy atom. The van der Waals surface area contributed by atoms with Crippen LogP contribution in [0.4, 0.5) is 4.39 Å². The molecular formula is C16H15ClFNO2. The molecule has 1 unspecified atom stereocenters. The van der Waals surface area contributed by atoms with Gasteiger partial charge in [-0.1, -0.05) is 48.0 Å². The monoisotopic (exact) mass is 307 g/mol. The maximum atomic E-state index is 13.2. The Labute approximate surface area is 127 Å². The number of benzene rings is 2. The maximum Gasteiger partial charge on any atom is 0.328 e. The van der Waals surface area contributed by atoms with E-state index >= 15 is 0 Å². The molecule has 2 aromatic carbocycles. The molecule has 0 radical (unpaired) electrons. The highest BCUT2D eigenvalue weighted by Crippen LogP contribution is 2.26. The van der Waals surface area contributed by atoms with Crippen molar-refractivity contribution in [1.82, 2.24) is 5.32 Å². The summed E-state index contributed by atoms with van der Waals surface area (Å²) in [5.74, 6) is -1.63. The molecule has 0 saturated heterocycles. The van der Waals surface area contributed by atoms with Crippen LogP contribution in [0.5, 0.6) is 0 Å². The zero-order valence-electron chi connectivity index (χ0n) is 11.4. The molecular weight excluding hydrogens is 293 g/mol. The van der Waals surface area contributed by atoms with Crippen LogP contribution in [0.2, 0.25) is 5.02 Å². The van der Waals surface area contributed by atoms with Gasteiger partial charge in [0.2, 0.25) is 0 Å². The van der Waals surface area contributed by atoms with E-state index in [1.54, 1.807) is 0 Å². The first-order chi connectivity index (χ1) is 9.93. The normalized spacial score (nSPS) is 13.7. The van der Waals surface area contributed by atoms with Crippen molar-refractivity contribution >= 4 is 17.6 Å². The Balaban J connectivity index is 2.27. The van der Waals surface area contributed by atoms with E-state index in [-0.39, 0.29) is 5.02 Å². The molecule has 5 heteroatoms. The van der Waals surface area contributed by atoms with Gasteiger partial charge in [0.15, 0.2) is 0 Å². The van der Waals surface area contributed by atoms with Crippen LogP contribution >= 0.6 is 11.6 Å². The molecule has 0 amide bonds. The van der Waals surface area contributed by atoms with Crippen molar-refractivity contribution in [2.45, 2.75) is 19.0 Å². The second-order valence-corrected chi connectivity index (χ2v) is 5.31. The Bertz CT molecular complexity index is 648. The van der Waals surface area contributed by atoms with Crippen molar-refractivity contribution in [1.29, 1.82) is 0 Å². The number of halogens is 2. The lowest BCUT2D eigenvalue weighted by atomic mass is 9.91. The molecule has 3 nitrogen and oxygen atoms in total. The fourth-order valence-electron chi connectivity index (χ4n) is 1.98. The summed E-state index contributed by atoms with van der Waals surface area (Å²) in [7, 11) is 0. The van der Waals surface area contributed by atoms with E-state index in [1.165, 1.54) is 25.1 Å². The Morgan fingerprint density at radius 1 is 1.29 bits per heavy atom. The summed E-state index contributed by atoms with van der Waals surface area (Å²) in [6.07, 6.45) is 0. The Morgan fingerprint density at radius 2 is 1.95 bits per heavy atom. The van der Waals surface area contributed by atoms with Crippen LogP contribution in [0.25, 0.3) is 0 Å². The number of carboxylic acids is 1. The predicted octanol–water partition coefficient (Wildman–Crippen LogP) is 3.57. The molecule has 0 aliphatic heterocycles. The topological polar surface area (TPSA) is 49.3 Å². The lowest BCUT2D eigenvalue weighted by Gasteiger charge is -2.27. The molecule has 0 saturated carbocycles. The van der Waals surface area contributed by atoms with Crippen molar-refractivity contribution < 1.29 is 14.3 Å². The highest BCUT2D eigenvalue weighted by molar-refractivity contribution is 6.30. The van der Waals surface area contributed by atoms with Crippen LogP contribution in [-0.4, -0.2) is 11.1 Å². The predicted molar refractivity (Wildman–Crippen MR) is 79.7 cm³/mol. The van der Waals surface area contributed by atoms with Gasteiger partial charge in [-0.2, -0.15) is 0 Å². The number of carbonyl (C=O) groups is 1. The maximum absolute atomic E-state index is 13.2. The summed E-state index contributed by atoms with van der Waals surface area (Å²) >= 11 is 5.75. The van der Waals surface area contributed by atoms with E-state index in [0.29, 0.717) is 12.1 Å². The van der Waals surface area contributed by atoms with Crippen LogP contribution in [0.15, 0.2) is 48.5 Å². The molecule has 2 N–H and O–H groups in total. The quantitative estimate of drug-likeness (QED) is 0.888. The SMILES string of the molecule is CC(NCc1ccccc1)(C(=O)O)c1ccc(F)c(Cl)c1. The largest absolute Gasteiger partial charge is 0.480 e. The van der Waals surface area contributed by atoms with Gasteiger partial charge >= 0.3 is 5.97 Å². The molecule has 21 heavy (non-hydrogen) atoms. The van der Waals surface area contributed by atoms with Gasteiger partial charge in [0.05, 0.1) is 5.02 Å². The van der Waals surface area contributed by atoms with Crippen LogP contribution in [0.3, 0.4) is 0 Å². The van der Waals surface area contributed by atoms with Gasteiger partial charge in [0.25, 0.3) is 0 Å². The standard InChI is InChI=1S/C16H15ClFNO2/c1-16(15(20)21,12-7-8-14(18)13(17)9-12)19-10-11-5-3-2-4-6-11/h2-9,19H,10H2,1H3,(H,20,21). The lowest BCUT2D eigenvalue weighted by molar-refractivity contribution is -0.144. The zero-order valence-corrected chi connectivity index (χ0v) is 12.2. The number of rotatable bonds is 5. The molecule has 0 aromatic heterocycles. The average Bonchev–Trinajstić information content (AvgIpc) is 2.48. The number of aliphatic carboxylic acids is 1. The number of hydrogen-bond acceptors (Lipinski definition) is 2. The summed E-state index contributed by atoms with van der Waals surface area (Å²) in [6, 6.07) is 13.4. The highest BCUT2D eigenvalue weighted by Gasteiger charge is 2.35. The smallest absolute Gasteiger partial charge is 0.328 e. The molecule has 2 rings (SSSR count). The first-order valence-electron chi connectivity index (χ1n) is 6.41. The van der Waals surface area contributed by atoms with E-state index < -0.39 is 17.3 Å². The second kappa shape index (κ2) is 6.24.